The van der Waals surface area contributed by atoms with Gasteiger partial charge in [-0.3, -0.25) is 0 Å². The van der Waals surface area contributed by atoms with Crippen molar-refractivity contribution in [3.63, 3.8) is 0 Å². The van der Waals surface area contributed by atoms with Crippen LogP contribution in [0.5, 0.6) is 0 Å². The molecule has 5 nitrogen and oxygen atoms in total. The number of carboxylic acids is 1. The molecule has 0 aromatic carbocycles. The second-order valence-electron chi connectivity index (χ2n) is 4.77. The van der Waals surface area contributed by atoms with Crippen molar-refractivity contribution in [1.29, 1.82) is 0 Å². The third kappa shape index (κ3) is 4.21. The molecule has 0 aliphatic heterocycles. The predicted octanol–water partition coefficient (Wildman–Crippen LogP) is 1.94. The molecule has 106 valence electrons. The van der Waals surface area contributed by atoms with E-state index in [1.165, 1.54) is 0 Å². The van der Waals surface area contributed by atoms with Crippen LogP contribution in [0.1, 0.15) is 43.2 Å². The number of aromatic carboxylic acids is 1. The monoisotopic (exact) mass is 266 g/mol. The van der Waals surface area contributed by atoms with E-state index in [4.69, 9.17) is 10.2 Å². The molecule has 1 aromatic heterocycles. The number of aromatic nitrogens is 1. The van der Waals surface area contributed by atoms with Crippen LogP contribution in [0, 0.1) is 0 Å². The third-order valence-electron chi connectivity index (χ3n) is 2.88. The van der Waals surface area contributed by atoms with Gasteiger partial charge in [0.1, 0.15) is 5.82 Å². The van der Waals surface area contributed by atoms with Crippen LogP contribution in [-0.2, 0) is 6.42 Å². The highest BCUT2D eigenvalue weighted by molar-refractivity contribution is 5.88. The van der Waals surface area contributed by atoms with Gasteiger partial charge in [-0.1, -0.05) is 13.3 Å². The van der Waals surface area contributed by atoms with E-state index in [2.05, 4.69) is 4.98 Å². The second kappa shape index (κ2) is 7.09. The Labute approximate surface area is 113 Å². The number of pyridine rings is 1. The first-order valence-corrected chi connectivity index (χ1v) is 6.61. The van der Waals surface area contributed by atoms with Gasteiger partial charge >= 0.3 is 5.97 Å². The maximum atomic E-state index is 11.2. The van der Waals surface area contributed by atoms with E-state index in [1.54, 1.807) is 12.1 Å². The Morgan fingerprint density at radius 2 is 2.11 bits per heavy atom. The molecule has 1 aromatic rings. The summed E-state index contributed by atoms with van der Waals surface area (Å²) in [4.78, 5) is 17.6. The molecule has 0 unspecified atom stereocenters. The number of aryl methyl sites for hydroxylation is 1. The molecule has 0 spiro atoms. The Morgan fingerprint density at radius 3 is 2.58 bits per heavy atom. The Bertz CT molecular complexity index is 433. The Kier molecular flexibility index (Phi) is 5.76. The van der Waals surface area contributed by atoms with Crippen molar-refractivity contribution in [2.75, 3.05) is 18.1 Å². The Morgan fingerprint density at radius 1 is 1.42 bits per heavy atom. The summed E-state index contributed by atoms with van der Waals surface area (Å²) in [7, 11) is 0. The first-order chi connectivity index (χ1) is 8.99. The first kappa shape index (κ1) is 15.4. The van der Waals surface area contributed by atoms with Gasteiger partial charge < -0.3 is 15.1 Å². The molecule has 0 saturated heterocycles. The standard InChI is InChI=1S/C14H22N2O3/c1-4-5-12-8-11(14(18)19)9-13(15-12)16(6-7-17)10(2)3/h8-10,17H,4-7H2,1-3H3,(H,18,19). The first-order valence-electron chi connectivity index (χ1n) is 6.61. The molecule has 0 bridgehead atoms. The van der Waals surface area contributed by atoms with Crippen LogP contribution in [0.25, 0.3) is 0 Å². The minimum absolute atomic E-state index is 0.0142. The number of hydrogen-bond donors (Lipinski definition) is 2. The van der Waals surface area contributed by atoms with E-state index in [0.717, 1.165) is 18.5 Å². The number of carbonyl (C=O) groups is 1. The van der Waals surface area contributed by atoms with Crippen molar-refractivity contribution in [2.24, 2.45) is 0 Å². The quantitative estimate of drug-likeness (QED) is 0.789. The summed E-state index contributed by atoms with van der Waals surface area (Å²) in [5, 5.41) is 18.3. The highest BCUT2D eigenvalue weighted by atomic mass is 16.4. The SMILES string of the molecule is CCCc1cc(C(=O)O)cc(N(CCO)C(C)C)n1. The van der Waals surface area contributed by atoms with E-state index < -0.39 is 5.97 Å². The van der Waals surface area contributed by atoms with Crippen molar-refractivity contribution >= 4 is 11.8 Å². The lowest BCUT2D eigenvalue weighted by molar-refractivity contribution is 0.0696. The van der Waals surface area contributed by atoms with E-state index in [-0.39, 0.29) is 18.2 Å². The van der Waals surface area contributed by atoms with Crippen molar-refractivity contribution in [2.45, 2.75) is 39.7 Å². The molecule has 2 N–H and O–H groups in total. The fourth-order valence-electron chi connectivity index (χ4n) is 1.97. The van der Waals surface area contributed by atoms with E-state index >= 15 is 0 Å². The fourth-order valence-corrected chi connectivity index (χ4v) is 1.97. The summed E-state index contributed by atoms with van der Waals surface area (Å²) in [6, 6.07) is 3.34. The molecule has 0 aliphatic carbocycles. The van der Waals surface area contributed by atoms with Crippen molar-refractivity contribution in [1.82, 2.24) is 4.98 Å². The zero-order valence-electron chi connectivity index (χ0n) is 11.8. The molecule has 1 rings (SSSR count). The van der Waals surface area contributed by atoms with Crippen LogP contribution >= 0.6 is 0 Å². The lowest BCUT2D eigenvalue weighted by Gasteiger charge is -2.27. The van der Waals surface area contributed by atoms with Gasteiger partial charge in [-0.25, -0.2) is 9.78 Å². The van der Waals surface area contributed by atoms with Gasteiger partial charge in [-0.15, -0.1) is 0 Å². The van der Waals surface area contributed by atoms with Crippen molar-refractivity contribution < 1.29 is 15.0 Å². The highest BCUT2D eigenvalue weighted by Gasteiger charge is 2.15. The zero-order chi connectivity index (χ0) is 14.4. The number of nitrogens with zero attached hydrogens (tertiary/aromatic N) is 2. The Balaban J connectivity index is 3.19. The zero-order valence-corrected chi connectivity index (χ0v) is 11.8. The van der Waals surface area contributed by atoms with E-state index in [9.17, 15) is 4.79 Å². The second-order valence-corrected chi connectivity index (χ2v) is 4.77. The minimum atomic E-state index is -0.950. The van der Waals surface area contributed by atoms with Gasteiger partial charge in [-0.05, 0) is 32.4 Å². The minimum Gasteiger partial charge on any atom is -0.478 e. The summed E-state index contributed by atoms with van der Waals surface area (Å²) in [6.07, 6.45) is 1.66. The molecule has 0 atom stereocenters. The van der Waals surface area contributed by atoms with Crippen LogP contribution in [0.4, 0.5) is 5.82 Å². The lowest BCUT2D eigenvalue weighted by Crippen LogP contribution is -2.34. The summed E-state index contributed by atoms with van der Waals surface area (Å²) in [5.41, 5.74) is 1.03. The molecule has 0 amide bonds. The van der Waals surface area contributed by atoms with Crippen molar-refractivity contribution in [3.05, 3.63) is 23.4 Å². The number of aliphatic hydroxyl groups excluding tert-OH is 1. The number of anilines is 1. The molecule has 1 heterocycles. The maximum Gasteiger partial charge on any atom is 0.335 e. The fraction of sp³-hybridized carbons (Fsp3) is 0.571. The maximum absolute atomic E-state index is 11.2. The van der Waals surface area contributed by atoms with Crippen LogP contribution in [0.15, 0.2) is 12.1 Å². The summed E-state index contributed by atoms with van der Waals surface area (Å²) >= 11 is 0. The summed E-state index contributed by atoms with van der Waals surface area (Å²) < 4.78 is 0. The molecule has 0 saturated carbocycles. The molecule has 19 heavy (non-hydrogen) atoms. The van der Waals surface area contributed by atoms with Crippen LogP contribution in [0.2, 0.25) is 0 Å². The van der Waals surface area contributed by atoms with Crippen LogP contribution in [-0.4, -0.2) is 40.4 Å². The number of rotatable bonds is 7. The number of carboxylic acid groups (broad SMARTS) is 1. The molecular formula is C14H22N2O3. The molecule has 0 aliphatic rings. The Hall–Kier alpha value is -1.62. The van der Waals surface area contributed by atoms with E-state index in [1.807, 2.05) is 25.7 Å². The largest absolute Gasteiger partial charge is 0.478 e. The van der Waals surface area contributed by atoms with Gasteiger partial charge in [0.25, 0.3) is 0 Å². The van der Waals surface area contributed by atoms with Gasteiger partial charge in [0, 0.05) is 18.3 Å². The average molecular weight is 266 g/mol. The summed E-state index contributed by atoms with van der Waals surface area (Å²) in [6.45, 7) is 6.47. The molecule has 0 radical (unpaired) electrons. The van der Waals surface area contributed by atoms with Gasteiger partial charge in [-0.2, -0.15) is 0 Å². The predicted molar refractivity (Wildman–Crippen MR) is 74.8 cm³/mol. The van der Waals surface area contributed by atoms with Gasteiger partial charge in [0.05, 0.1) is 12.2 Å². The molecular weight excluding hydrogens is 244 g/mol. The topological polar surface area (TPSA) is 73.7 Å². The van der Waals surface area contributed by atoms with Crippen LogP contribution < -0.4 is 4.90 Å². The average Bonchev–Trinajstić information content (AvgIpc) is 2.35. The smallest absolute Gasteiger partial charge is 0.335 e. The summed E-state index contributed by atoms with van der Waals surface area (Å²) in [5.74, 6) is -0.332. The van der Waals surface area contributed by atoms with Crippen molar-refractivity contribution in [3.8, 4) is 0 Å². The van der Waals surface area contributed by atoms with Gasteiger partial charge in [0.2, 0.25) is 0 Å². The normalized spacial score (nSPS) is 10.8. The molecule has 5 heteroatoms. The number of hydrogen-bond acceptors (Lipinski definition) is 4. The lowest BCUT2D eigenvalue weighted by atomic mass is 10.1. The molecule has 0 fully saturated rings. The van der Waals surface area contributed by atoms with Gasteiger partial charge in [0.15, 0.2) is 0 Å². The number of aliphatic hydroxyl groups is 1. The third-order valence-corrected chi connectivity index (χ3v) is 2.88. The highest BCUT2D eigenvalue weighted by Crippen LogP contribution is 2.18. The van der Waals surface area contributed by atoms with Crippen LogP contribution in [0.3, 0.4) is 0 Å². The van der Waals surface area contributed by atoms with E-state index in [0.29, 0.717) is 12.4 Å².